The first-order valence-electron chi connectivity index (χ1n) is 7.63. The number of nitro groups is 1. The summed E-state index contributed by atoms with van der Waals surface area (Å²) < 4.78 is 43.4. The van der Waals surface area contributed by atoms with Crippen molar-refractivity contribution in [2.75, 3.05) is 0 Å². The lowest BCUT2D eigenvalue weighted by Crippen LogP contribution is -2.04. The molecule has 0 radical (unpaired) electrons. The molecule has 2 N–H and O–H groups in total. The first-order valence-corrected chi connectivity index (χ1v) is 7.63. The summed E-state index contributed by atoms with van der Waals surface area (Å²) in [5.41, 5.74) is 3.31. The number of benzene rings is 2. The third-order valence-electron chi connectivity index (χ3n) is 3.43. The molecule has 0 bridgehead atoms. The number of nitrogens with zero attached hydrogens (tertiary/aromatic N) is 4. The fraction of sp³-hybridized carbons (Fsp3) is 0.0556. The van der Waals surface area contributed by atoms with Crippen molar-refractivity contribution in [1.29, 1.82) is 10.5 Å². The Hall–Kier alpha value is -4.38. The summed E-state index contributed by atoms with van der Waals surface area (Å²) in [6.07, 6.45) is -3.49. The van der Waals surface area contributed by atoms with Gasteiger partial charge in [0.2, 0.25) is 0 Å². The van der Waals surface area contributed by atoms with E-state index in [1.165, 1.54) is 6.07 Å². The number of nitriles is 2. The van der Waals surface area contributed by atoms with Gasteiger partial charge in [-0.1, -0.05) is 0 Å². The van der Waals surface area contributed by atoms with Crippen LogP contribution in [0.1, 0.15) is 11.1 Å². The molecular weight excluding hydrogens is 391 g/mol. The van der Waals surface area contributed by atoms with Gasteiger partial charge in [0.25, 0.3) is 5.69 Å². The molecule has 0 spiro atoms. The third-order valence-corrected chi connectivity index (χ3v) is 3.43. The monoisotopic (exact) mass is 401 g/mol. The van der Waals surface area contributed by atoms with E-state index < -0.39 is 28.1 Å². The Morgan fingerprint density at radius 1 is 1.17 bits per heavy atom. The van der Waals surface area contributed by atoms with Crippen molar-refractivity contribution in [2.45, 2.75) is 6.18 Å². The van der Waals surface area contributed by atoms with Gasteiger partial charge in [0.15, 0.2) is 5.70 Å². The summed E-state index contributed by atoms with van der Waals surface area (Å²) in [6, 6.07) is 10.4. The van der Waals surface area contributed by atoms with Crippen molar-refractivity contribution in [1.82, 2.24) is 0 Å². The Balaban J connectivity index is 2.43. The highest BCUT2D eigenvalue weighted by Crippen LogP contribution is 2.32. The number of halogens is 3. The molecule has 2 aromatic rings. The minimum atomic E-state index is -4.51. The van der Waals surface area contributed by atoms with Gasteiger partial charge in [0.1, 0.15) is 29.3 Å². The van der Waals surface area contributed by atoms with Crippen LogP contribution in [-0.4, -0.2) is 11.1 Å². The van der Waals surface area contributed by atoms with Crippen LogP contribution >= 0.6 is 0 Å². The highest BCUT2D eigenvalue weighted by atomic mass is 19.4. The Labute approximate surface area is 161 Å². The summed E-state index contributed by atoms with van der Waals surface area (Å²) in [6.45, 7) is 0. The van der Waals surface area contributed by atoms with E-state index in [2.05, 4.69) is 4.99 Å². The van der Waals surface area contributed by atoms with Crippen molar-refractivity contribution in [3.8, 4) is 23.6 Å². The zero-order valence-electron chi connectivity index (χ0n) is 14.3. The number of allylic oxidation sites excluding steroid dienone is 2. The van der Waals surface area contributed by atoms with Gasteiger partial charge >= 0.3 is 6.18 Å². The SMILES string of the molecule is N#CC(N)=C(C#N)N=Cc1cc([N+](=O)[O-])ccc1Oc1ccc(C(F)(F)F)cc1. The van der Waals surface area contributed by atoms with Gasteiger partial charge in [0.05, 0.1) is 10.5 Å². The van der Waals surface area contributed by atoms with Crippen molar-refractivity contribution in [3.63, 3.8) is 0 Å². The van der Waals surface area contributed by atoms with E-state index in [0.29, 0.717) is 0 Å². The molecule has 0 unspecified atom stereocenters. The van der Waals surface area contributed by atoms with Gasteiger partial charge in [-0.05, 0) is 30.3 Å². The third kappa shape index (κ3) is 5.30. The number of nitro benzene ring substituents is 1. The van der Waals surface area contributed by atoms with Crippen molar-refractivity contribution in [2.24, 2.45) is 10.7 Å². The Kier molecular flexibility index (Phi) is 6.16. The van der Waals surface area contributed by atoms with Crippen LogP contribution in [-0.2, 0) is 6.18 Å². The zero-order valence-corrected chi connectivity index (χ0v) is 14.3. The van der Waals surface area contributed by atoms with Gasteiger partial charge in [-0.2, -0.15) is 23.7 Å². The zero-order chi connectivity index (χ0) is 21.6. The minimum Gasteiger partial charge on any atom is -0.457 e. The average Bonchev–Trinajstić information content (AvgIpc) is 2.68. The van der Waals surface area contributed by atoms with Crippen LogP contribution in [0.25, 0.3) is 0 Å². The highest BCUT2D eigenvalue weighted by molar-refractivity contribution is 5.86. The average molecular weight is 401 g/mol. The molecule has 8 nitrogen and oxygen atoms in total. The fourth-order valence-electron chi connectivity index (χ4n) is 2.03. The first kappa shape index (κ1) is 20.9. The molecule has 0 saturated carbocycles. The van der Waals surface area contributed by atoms with Crippen LogP contribution in [0.3, 0.4) is 0 Å². The van der Waals surface area contributed by atoms with Crippen LogP contribution < -0.4 is 10.5 Å². The van der Waals surface area contributed by atoms with Crippen LogP contribution in [0.5, 0.6) is 11.5 Å². The maximum Gasteiger partial charge on any atom is 0.416 e. The lowest BCUT2D eigenvalue weighted by Gasteiger charge is -2.10. The summed E-state index contributed by atoms with van der Waals surface area (Å²) >= 11 is 0. The quantitative estimate of drug-likeness (QED) is 0.347. The number of aliphatic imine (C=N–C) groups is 1. The standard InChI is InChI=1S/C18H10F3N5O3/c19-18(20,21)12-1-4-14(5-2-12)29-17-6-3-13(26(27)28)7-11(17)10-25-16(9-23)15(24)8-22/h1-7,10H,24H2. The molecular formula is C18H10F3N5O3. The van der Waals surface area contributed by atoms with Crippen LogP contribution in [0, 0.1) is 32.8 Å². The van der Waals surface area contributed by atoms with Gasteiger partial charge in [-0.3, -0.25) is 10.1 Å². The number of alkyl halides is 3. The van der Waals surface area contributed by atoms with Gasteiger partial charge in [-0.25, -0.2) is 4.99 Å². The summed E-state index contributed by atoms with van der Waals surface area (Å²) in [5.74, 6) is 0.0565. The van der Waals surface area contributed by atoms with Gasteiger partial charge in [-0.15, -0.1) is 0 Å². The van der Waals surface area contributed by atoms with Crippen molar-refractivity contribution < 1.29 is 22.8 Å². The highest BCUT2D eigenvalue weighted by Gasteiger charge is 2.30. The second kappa shape index (κ2) is 8.54. The lowest BCUT2D eigenvalue weighted by atomic mass is 10.2. The number of non-ortho nitro benzene ring substituents is 1. The first-order chi connectivity index (χ1) is 13.7. The van der Waals surface area contributed by atoms with Crippen molar-refractivity contribution >= 4 is 11.9 Å². The summed E-state index contributed by atoms with van der Waals surface area (Å²) in [7, 11) is 0. The predicted octanol–water partition coefficient (Wildman–Crippen LogP) is 4.04. The molecule has 0 amide bonds. The molecule has 29 heavy (non-hydrogen) atoms. The van der Waals surface area contributed by atoms with E-state index in [1.807, 2.05) is 0 Å². The fourth-order valence-corrected chi connectivity index (χ4v) is 2.03. The van der Waals surface area contributed by atoms with Gasteiger partial charge < -0.3 is 10.5 Å². The van der Waals surface area contributed by atoms with Crippen LogP contribution in [0.2, 0.25) is 0 Å². The molecule has 0 aliphatic carbocycles. The molecule has 146 valence electrons. The maximum absolute atomic E-state index is 12.6. The summed E-state index contributed by atoms with van der Waals surface area (Å²) in [4.78, 5) is 14.0. The number of rotatable bonds is 5. The van der Waals surface area contributed by atoms with E-state index >= 15 is 0 Å². The van der Waals surface area contributed by atoms with Gasteiger partial charge in [0, 0.05) is 23.9 Å². The number of nitrogens with two attached hydrogens (primary N) is 1. The lowest BCUT2D eigenvalue weighted by molar-refractivity contribution is -0.384. The molecule has 11 heteroatoms. The molecule has 0 heterocycles. The number of hydrogen-bond acceptors (Lipinski definition) is 7. The van der Waals surface area contributed by atoms with E-state index in [0.717, 1.165) is 42.6 Å². The largest absolute Gasteiger partial charge is 0.457 e. The van der Waals surface area contributed by atoms with Crippen LogP contribution in [0.4, 0.5) is 18.9 Å². The molecule has 2 aromatic carbocycles. The normalized spacial score (nSPS) is 12.0. The molecule has 0 fully saturated rings. The smallest absolute Gasteiger partial charge is 0.416 e. The number of hydrogen-bond donors (Lipinski definition) is 1. The molecule has 0 aliphatic heterocycles. The second-order valence-corrected chi connectivity index (χ2v) is 5.35. The van der Waals surface area contributed by atoms with E-state index in [4.69, 9.17) is 21.0 Å². The summed E-state index contributed by atoms with van der Waals surface area (Å²) in [5, 5.41) is 28.7. The Morgan fingerprint density at radius 2 is 1.83 bits per heavy atom. The molecule has 0 atom stereocenters. The van der Waals surface area contributed by atoms with Crippen LogP contribution in [0.15, 0.2) is 58.9 Å². The second-order valence-electron chi connectivity index (χ2n) is 5.35. The molecule has 0 saturated heterocycles. The molecule has 0 aromatic heterocycles. The number of ether oxygens (including phenoxy) is 1. The molecule has 0 aliphatic rings. The molecule has 2 rings (SSSR count). The van der Waals surface area contributed by atoms with E-state index in [-0.39, 0.29) is 22.7 Å². The van der Waals surface area contributed by atoms with Crippen molar-refractivity contribution in [3.05, 3.63) is 75.1 Å². The maximum atomic E-state index is 12.6. The topological polar surface area (TPSA) is 138 Å². The predicted molar refractivity (Wildman–Crippen MR) is 94.6 cm³/mol. The van der Waals surface area contributed by atoms with E-state index in [9.17, 15) is 23.3 Å². The minimum absolute atomic E-state index is 0.0203. The Morgan fingerprint density at radius 3 is 2.34 bits per heavy atom. The Bertz CT molecular complexity index is 1080. The van der Waals surface area contributed by atoms with E-state index in [1.54, 1.807) is 12.1 Å².